The van der Waals surface area contributed by atoms with Gasteiger partial charge in [-0.15, -0.1) is 0 Å². The zero-order valence-electron chi connectivity index (χ0n) is 33.2. The summed E-state index contributed by atoms with van der Waals surface area (Å²) in [7, 11) is 0. The Kier molecular flexibility index (Phi) is 18.0. The van der Waals surface area contributed by atoms with Gasteiger partial charge in [0.25, 0.3) is 0 Å². The number of phenolic OH excluding ortho intramolecular Hbond substituents is 1. The molecule has 0 saturated carbocycles. The minimum atomic E-state index is -1.55. The van der Waals surface area contributed by atoms with Crippen molar-refractivity contribution >= 4 is 53.2 Å². The van der Waals surface area contributed by atoms with E-state index in [1.165, 1.54) is 42.6 Å². The van der Waals surface area contributed by atoms with Gasteiger partial charge in [-0.2, -0.15) is 11.8 Å². The van der Waals surface area contributed by atoms with Gasteiger partial charge in [-0.05, 0) is 94.4 Å². The molecule has 3 rings (SSSR count). The van der Waals surface area contributed by atoms with Crippen LogP contribution in [0.15, 0.2) is 24.3 Å². The van der Waals surface area contributed by atoms with Crippen LogP contribution in [-0.4, -0.2) is 151 Å². The van der Waals surface area contributed by atoms with Gasteiger partial charge in [0, 0.05) is 13.1 Å². The van der Waals surface area contributed by atoms with Crippen LogP contribution in [0.1, 0.15) is 71.8 Å². The fraction of sp³-hybridized carbons (Fsp3) is 0.658. The molecule has 0 aliphatic carbocycles. The summed E-state index contributed by atoms with van der Waals surface area (Å²) in [6.45, 7) is 6.54. The molecule has 19 heteroatoms. The quantitative estimate of drug-likeness (QED) is 0.0751. The van der Waals surface area contributed by atoms with Crippen molar-refractivity contribution in [3.8, 4) is 5.75 Å². The van der Waals surface area contributed by atoms with E-state index in [0.29, 0.717) is 24.2 Å². The van der Waals surface area contributed by atoms with Gasteiger partial charge in [0.05, 0.1) is 18.2 Å². The first kappa shape index (κ1) is 46.9. The lowest BCUT2D eigenvalue weighted by atomic mass is 10.0. The first-order valence-corrected chi connectivity index (χ1v) is 20.7. The SMILES string of the molecule is CSCC[C@H](NC(=O)[C@@H](NC(=O)[C@H](CC(C)C)NC(=O)[C@@H](N)Cc1ccc(O)cc1)[C@@H](C)O)C(=O)N1CCC[C@H]1C(=O)N[C@H](C(=O)N1CCC[C@H]1C(=O)O)[C@@H](C)O. The minimum Gasteiger partial charge on any atom is -0.508 e. The third kappa shape index (κ3) is 13.3. The van der Waals surface area contributed by atoms with Gasteiger partial charge in [0.1, 0.15) is 42.0 Å². The first-order valence-electron chi connectivity index (χ1n) is 19.3. The number of benzene rings is 1. The highest BCUT2D eigenvalue weighted by Crippen LogP contribution is 2.23. The van der Waals surface area contributed by atoms with Gasteiger partial charge >= 0.3 is 5.97 Å². The second kappa shape index (κ2) is 21.9. The fourth-order valence-corrected chi connectivity index (χ4v) is 7.45. The third-order valence-corrected chi connectivity index (χ3v) is 10.7. The maximum atomic E-state index is 14.1. The number of nitrogens with two attached hydrogens (primary N) is 1. The van der Waals surface area contributed by atoms with Crippen molar-refractivity contribution < 1.29 is 54.0 Å². The highest BCUT2D eigenvalue weighted by Gasteiger charge is 2.43. The van der Waals surface area contributed by atoms with Crippen LogP contribution in [-0.2, 0) is 40.0 Å². The van der Waals surface area contributed by atoms with Crippen molar-refractivity contribution in [1.29, 1.82) is 0 Å². The maximum Gasteiger partial charge on any atom is 0.326 e. The Balaban J connectivity index is 1.73. The number of nitrogens with one attached hydrogen (secondary N) is 4. The second-order valence-electron chi connectivity index (χ2n) is 15.2. The summed E-state index contributed by atoms with van der Waals surface area (Å²) in [5.74, 6) is -5.15. The van der Waals surface area contributed by atoms with E-state index in [-0.39, 0.29) is 56.9 Å². The summed E-state index contributed by atoms with van der Waals surface area (Å²) in [4.78, 5) is 95.6. The lowest BCUT2D eigenvalue weighted by Gasteiger charge is -2.32. The van der Waals surface area contributed by atoms with Gasteiger partial charge in [-0.25, -0.2) is 4.79 Å². The molecule has 2 aliphatic rings. The van der Waals surface area contributed by atoms with Crippen LogP contribution in [0.3, 0.4) is 0 Å². The number of likely N-dealkylation sites (tertiary alicyclic amines) is 2. The molecule has 2 aliphatic heterocycles. The number of nitrogens with zero attached hydrogens (tertiary/aromatic N) is 2. The Labute approximate surface area is 337 Å². The van der Waals surface area contributed by atoms with E-state index in [4.69, 9.17) is 5.73 Å². The molecule has 1 aromatic rings. The number of aliphatic carboxylic acids is 1. The van der Waals surface area contributed by atoms with Crippen LogP contribution >= 0.6 is 11.8 Å². The highest BCUT2D eigenvalue weighted by molar-refractivity contribution is 7.98. The van der Waals surface area contributed by atoms with Gasteiger partial charge in [0.15, 0.2) is 0 Å². The van der Waals surface area contributed by atoms with E-state index in [1.807, 2.05) is 13.8 Å². The van der Waals surface area contributed by atoms with Crippen LogP contribution in [0.2, 0.25) is 0 Å². The monoisotopic (exact) mass is 821 g/mol. The number of phenols is 1. The van der Waals surface area contributed by atoms with E-state index in [9.17, 15) is 54.0 Å². The fourth-order valence-electron chi connectivity index (χ4n) is 6.98. The molecule has 10 N–H and O–H groups in total. The molecule has 2 saturated heterocycles. The standard InChI is InChI=1S/C38H59N7O11S/c1-20(2)18-27(41-32(49)25(39)19-23-10-12-24(48)13-11-23)33(50)42-30(21(3)46)35(52)40-26(14-17-57-5)36(53)44-15-6-8-28(44)34(51)43-31(22(4)47)37(54)45-16-7-9-29(45)38(55)56/h10-13,20-22,25-31,46-48H,6-9,14-19,39H2,1-5H3,(H,40,52)(H,41,49)(H,42,50)(H,43,51)(H,55,56)/t21-,22-,25+,26+,27+,28+,29+,30+,31+/m1/s1. The van der Waals surface area contributed by atoms with Crippen molar-refractivity contribution in [3.63, 3.8) is 0 Å². The predicted octanol–water partition coefficient (Wildman–Crippen LogP) is -1.17. The number of hydrogen-bond donors (Lipinski definition) is 9. The number of hydrogen-bond acceptors (Lipinski definition) is 12. The summed E-state index contributed by atoms with van der Waals surface area (Å²) >= 11 is 1.40. The van der Waals surface area contributed by atoms with E-state index < -0.39 is 95.9 Å². The maximum absolute atomic E-state index is 14.1. The molecule has 9 atom stereocenters. The summed E-state index contributed by atoms with van der Waals surface area (Å²) in [5, 5.41) is 50.6. The van der Waals surface area contributed by atoms with Crippen molar-refractivity contribution in [2.75, 3.05) is 25.1 Å². The molecule has 18 nitrogen and oxygen atoms in total. The molecule has 0 bridgehead atoms. The first-order chi connectivity index (χ1) is 26.9. The number of aliphatic hydroxyl groups excluding tert-OH is 2. The smallest absolute Gasteiger partial charge is 0.326 e. The number of rotatable bonds is 20. The van der Waals surface area contributed by atoms with Gasteiger partial charge in [-0.3, -0.25) is 28.8 Å². The molecule has 57 heavy (non-hydrogen) atoms. The number of aliphatic hydroxyl groups is 2. The largest absolute Gasteiger partial charge is 0.508 e. The molecule has 1 aromatic carbocycles. The number of carbonyl (C=O) groups excluding carboxylic acids is 6. The lowest BCUT2D eigenvalue weighted by Crippen LogP contribution is -2.62. The summed E-state index contributed by atoms with van der Waals surface area (Å²) < 4.78 is 0. The van der Waals surface area contributed by atoms with E-state index in [0.717, 1.165) is 4.90 Å². The zero-order chi connectivity index (χ0) is 42.6. The minimum absolute atomic E-state index is 0.0542. The highest BCUT2D eigenvalue weighted by atomic mass is 32.2. The van der Waals surface area contributed by atoms with Crippen molar-refractivity contribution in [3.05, 3.63) is 29.8 Å². The second-order valence-corrected chi connectivity index (χ2v) is 16.2. The van der Waals surface area contributed by atoms with E-state index in [1.54, 1.807) is 18.4 Å². The van der Waals surface area contributed by atoms with Gasteiger partial charge in [-0.1, -0.05) is 26.0 Å². The van der Waals surface area contributed by atoms with Crippen LogP contribution in [0.5, 0.6) is 5.75 Å². The molecule has 318 valence electrons. The Morgan fingerprint density at radius 2 is 1.33 bits per heavy atom. The molecule has 2 heterocycles. The van der Waals surface area contributed by atoms with E-state index in [2.05, 4.69) is 21.3 Å². The summed E-state index contributed by atoms with van der Waals surface area (Å²) in [5.41, 5.74) is 6.82. The van der Waals surface area contributed by atoms with Crippen LogP contribution < -0.4 is 27.0 Å². The number of thioether (sulfide) groups is 1. The van der Waals surface area contributed by atoms with Gasteiger partial charge in [0.2, 0.25) is 35.4 Å². The van der Waals surface area contributed by atoms with Crippen LogP contribution in [0.4, 0.5) is 0 Å². The Bertz CT molecular complexity index is 1580. The van der Waals surface area contributed by atoms with Gasteiger partial charge < -0.3 is 57.2 Å². The number of aromatic hydroxyl groups is 1. The van der Waals surface area contributed by atoms with Crippen LogP contribution in [0.25, 0.3) is 0 Å². The van der Waals surface area contributed by atoms with Crippen molar-refractivity contribution in [1.82, 2.24) is 31.1 Å². The van der Waals surface area contributed by atoms with Crippen LogP contribution in [0, 0.1) is 5.92 Å². The third-order valence-electron chi connectivity index (χ3n) is 10.1. The number of carbonyl (C=O) groups is 7. The van der Waals surface area contributed by atoms with Crippen molar-refractivity contribution in [2.45, 2.75) is 127 Å². The molecule has 0 spiro atoms. The number of carboxylic acids is 1. The Morgan fingerprint density at radius 1 is 0.772 bits per heavy atom. The number of carboxylic acid groups (broad SMARTS) is 1. The Hall–Kier alpha value is -4.46. The average Bonchev–Trinajstić information content (AvgIpc) is 3.85. The normalized spacial score (nSPS) is 20.4. The van der Waals surface area contributed by atoms with Crippen molar-refractivity contribution in [2.24, 2.45) is 11.7 Å². The summed E-state index contributed by atoms with van der Waals surface area (Å²) in [6.07, 6.45) is 0.734. The molecular formula is C38H59N7O11S. The zero-order valence-corrected chi connectivity index (χ0v) is 34.0. The molecule has 0 aromatic heterocycles. The Morgan fingerprint density at radius 3 is 1.88 bits per heavy atom. The molecule has 6 amide bonds. The van der Waals surface area contributed by atoms with E-state index >= 15 is 0 Å². The average molecular weight is 822 g/mol. The molecule has 0 unspecified atom stereocenters. The molecule has 2 fully saturated rings. The molecule has 0 radical (unpaired) electrons. The lowest BCUT2D eigenvalue weighted by molar-refractivity contribution is -0.151. The number of amides is 6. The topological polar surface area (TPSA) is 281 Å². The predicted molar refractivity (Wildman–Crippen MR) is 210 cm³/mol. The molecular weight excluding hydrogens is 763 g/mol. The summed E-state index contributed by atoms with van der Waals surface area (Å²) in [6, 6.07) is -2.36.